The van der Waals surface area contributed by atoms with E-state index in [0.29, 0.717) is 25.6 Å². The fourth-order valence-corrected chi connectivity index (χ4v) is 2.60. The van der Waals surface area contributed by atoms with Gasteiger partial charge in [0.25, 0.3) is 0 Å². The Bertz CT molecular complexity index is 181. The lowest BCUT2D eigenvalue weighted by Gasteiger charge is -2.30. The van der Waals surface area contributed by atoms with Gasteiger partial charge in [-0.05, 0) is 24.7 Å². The number of rotatable bonds is 3. The zero-order valence-corrected chi connectivity index (χ0v) is 9.52. The molecule has 0 spiro atoms. The predicted octanol–water partition coefficient (Wildman–Crippen LogP) is 1.94. The molecule has 0 amide bonds. The van der Waals surface area contributed by atoms with E-state index in [1.54, 1.807) is 0 Å². The Morgan fingerprint density at radius 1 is 1.13 bits per heavy atom. The topological polar surface area (TPSA) is 38.7 Å². The number of aliphatic hydroxyl groups is 1. The third-order valence-corrected chi connectivity index (χ3v) is 3.73. The summed E-state index contributed by atoms with van der Waals surface area (Å²) < 4.78 is 10.7. The number of hydrogen-bond acceptors (Lipinski definition) is 3. The van der Waals surface area contributed by atoms with Crippen molar-refractivity contribution in [3.63, 3.8) is 0 Å². The minimum atomic E-state index is -0.236. The highest BCUT2D eigenvalue weighted by molar-refractivity contribution is 4.77. The average molecular weight is 214 g/mol. The third kappa shape index (κ3) is 3.16. The minimum absolute atomic E-state index is 0.153. The molecule has 88 valence electrons. The van der Waals surface area contributed by atoms with Crippen LogP contribution in [0.25, 0.3) is 0 Å². The molecule has 1 N–H and O–H groups in total. The lowest BCUT2D eigenvalue weighted by molar-refractivity contribution is -0.0824. The van der Waals surface area contributed by atoms with Gasteiger partial charge < -0.3 is 14.6 Å². The van der Waals surface area contributed by atoms with Crippen LogP contribution >= 0.6 is 0 Å². The molecular weight excluding hydrogens is 192 g/mol. The SMILES string of the molecule is CC1CCC(C(O)CC2OCCO2)CC1. The Labute approximate surface area is 91.8 Å². The van der Waals surface area contributed by atoms with Gasteiger partial charge in [-0.3, -0.25) is 0 Å². The van der Waals surface area contributed by atoms with Crippen molar-refractivity contribution in [2.24, 2.45) is 11.8 Å². The van der Waals surface area contributed by atoms with Crippen molar-refractivity contribution in [2.45, 2.75) is 51.4 Å². The van der Waals surface area contributed by atoms with E-state index in [9.17, 15) is 5.11 Å². The van der Waals surface area contributed by atoms with E-state index in [4.69, 9.17) is 9.47 Å². The van der Waals surface area contributed by atoms with Gasteiger partial charge in [-0.25, -0.2) is 0 Å². The second-order valence-corrected chi connectivity index (χ2v) is 4.99. The number of ether oxygens (including phenoxy) is 2. The van der Waals surface area contributed by atoms with Crippen molar-refractivity contribution in [1.29, 1.82) is 0 Å². The molecule has 3 nitrogen and oxygen atoms in total. The van der Waals surface area contributed by atoms with Crippen LogP contribution in [0, 0.1) is 11.8 Å². The standard InChI is InChI=1S/C12H22O3/c1-9-2-4-10(5-3-9)11(13)8-12-14-6-7-15-12/h9-13H,2-8H2,1H3. The first kappa shape index (κ1) is 11.4. The molecule has 0 bridgehead atoms. The zero-order chi connectivity index (χ0) is 10.7. The molecule has 0 radical (unpaired) electrons. The molecule has 1 aliphatic carbocycles. The van der Waals surface area contributed by atoms with Gasteiger partial charge in [0.2, 0.25) is 0 Å². The molecule has 1 atom stereocenters. The van der Waals surface area contributed by atoms with Gasteiger partial charge in [-0.2, -0.15) is 0 Å². The van der Waals surface area contributed by atoms with Crippen molar-refractivity contribution in [3.8, 4) is 0 Å². The first-order chi connectivity index (χ1) is 7.25. The van der Waals surface area contributed by atoms with Crippen molar-refractivity contribution >= 4 is 0 Å². The predicted molar refractivity (Wildman–Crippen MR) is 57.4 cm³/mol. The maximum absolute atomic E-state index is 10.1. The lowest BCUT2D eigenvalue weighted by Crippen LogP contribution is -2.29. The van der Waals surface area contributed by atoms with Crippen LogP contribution in [-0.4, -0.2) is 30.7 Å². The van der Waals surface area contributed by atoms with Gasteiger partial charge in [0.15, 0.2) is 6.29 Å². The van der Waals surface area contributed by atoms with Crippen molar-refractivity contribution in [3.05, 3.63) is 0 Å². The van der Waals surface area contributed by atoms with Crippen LogP contribution in [0.5, 0.6) is 0 Å². The fraction of sp³-hybridized carbons (Fsp3) is 1.00. The van der Waals surface area contributed by atoms with E-state index in [-0.39, 0.29) is 12.4 Å². The highest BCUT2D eigenvalue weighted by Crippen LogP contribution is 2.32. The van der Waals surface area contributed by atoms with Crippen LogP contribution in [-0.2, 0) is 9.47 Å². The molecule has 1 heterocycles. The van der Waals surface area contributed by atoms with Crippen molar-refractivity contribution < 1.29 is 14.6 Å². The number of aliphatic hydroxyl groups excluding tert-OH is 1. The maximum atomic E-state index is 10.1. The Hall–Kier alpha value is -0.120. The molecule has 2 fully saturated rings. The molecule has 0 aromatic rings. The highest BCUT2D eigenvalue weighted by Gasteiger charge is 2.28. The largest absolute Gasteiger partial charge is 0.393 e. The Morgan fingerprint density at radius 3 is 2.33 bits per heavy atom. The van der Waals surface area contributed by atoms with Crippen LogP contribution in [0.15, 0.2) is 0 Å². The zero-order valence-electron chi connectivity index (χ0n) is 9.52. The van der Waals surface area contributed by atoms with E-state index in [2.05, 4.69) is 6.92 Å². The van der Waals surface area contributed by atoms with Crippen LogP contribution in [0.1, 0.15) is 39.0 Å². The smallest absolute Gasteiger partial charge is 0.160 e. The molecule has 0 aromatic carbocycles. The normalized spacial score (nSPS) is 35.6. The molecule has 15 heavy (non-hydrogen) atoms. The van der Waals surface area contributed by atoms with Gasteiger partial charge in [0.1, 0.15) is 0 Å². The quantitative estimate of drug-likeness (QED) is 0.780. The lowest BCUT2D eigenvalue weighted by atomic mass is 9.79. The summed E-state index contributed by atoms with van der Waals surface area (Å²) in [5.41, 5.74) is 0. The average Bonchev–Trinajstić information content (AvgIpc) is 2.71. The maximum Gasteiger partial charge on any atom is 0.160 e. The van der Waals surface area contributed by atoms with Gasteiger partial charge in [0.05, 0.1) is 19.3 Å². The molecule has 0 aromatic heterocycles. The summed E-state index contributed by atoms with van der Waals surface area (Å²) in [6.07, 6.45) is 5.10. The molecule has 2 rings (SSSR count). The van der Waals surface area contributed by atoms with E-state index in [0.717, 1.165) is 18.8 Å². The van der Waals surface area contributed by atoms with Crippen LogP contribution < -0.4 is 0 Å². The van der Waals surface area contributed by atoms with Gasteiger partial charge >= 0.3 is 0 Å². The van der Waals surface area contributed by atoms with Crippen molar-refractivity contribution in [1.82, 2.24) is 0 Å². The summed E-state index contributed by atoms with van der Waals surface area (Å²) in [6, 6.07) is 0. The van der Waals surface area contributed by atoms with Crippen LogP contribution in [0.4, 0.5) is 0 Å². The summed E-state index contributed by atoms with van der Waals surface area (Å²) in [7, 11) is 0. The summed E-state index contributed by atoms with van der Waals surface area (Å²) >= 11 is 0. The summed E-state index contributed by atoms with van der Waals surface area (Å²) in [6.45, 7) is 3.66. The van der Waals surface area contributed by atoms with Gasteiger partial charge in [-0.1, -0.05) is 19.8 Å². The number of hydrogen-bond donors (Lipinski definition) is 1. The first-order valence-corrected chi connectivity index (χ1v) is 6.17. The van der Waals surface area contributed by atoms with Gasteiger partial charge in [0, 0.05) is 6.42 Å². The molecule has 1 unspecified atom stereocenters. The summed E-state index contributed by atoms with van der Waals surface area (Å²) in [5.74, 6) is 1.31. The van der Waals surface area contributed by atoms with E-state index in [1.165, 1.54) is 12.8 Å². The van der Waals surface area contributed by atoms with E-state index < -0.39 is 0 Å². The first-order valence-electron chi connectivity index (χ1n) is 6.17. The monoisotopic (exact) mass is 214 g/mol. The van der Waals surface area contributed by atoms with Crippen LogP contribution in [0.2, 0.25) is 0 Å². The molecule has 1 saturated heterocycles. The van der Waals surface area contributed by atoms with Gasteiger partial charge in [-0.15, -0.1) is 0 Å². The molecule has 3 heteroatoms. The molecule has 2 aliphatic rings. The summed E-state index contributed by atoms with van der Waals surface area (Å²) in [5, 5.41) is 10.1. The van der Waals surface area contributed by atoms with E-state index in [1.807, 2.05) is 0 Å². The van der Waals surface area contributed by atoms with E-state index >= 15 is 0 Å². The minimum Gasteiger partial charge on any atom is -0.393 e. The highest BCUT2D eigenvalue weighted by atomic mass is 16.7. The Kier molecular flexibility index (Phi) is 4.00. The summed E-state index contributed by atoms with van der Waals surface area (Å²) in [4.78, 5) is 0. The van der Waals surface area contributed by atoms with Crippen molar-refractivity contribution in [2.75, 3.05) is 13.2 Å². The fourth-order valence-electron chi connectivity index (χ4n) is 2.60. The molecule has 1 aliphatic heterocycles. The third-order valence-electron chi connectivity index (χ3n) is 3.73. The second-order valence-electron chi connectivity index (χ2n) is 4.99. The Morgan fingerprint density at radius 2 is 1.73 bits per heavy atom. The molecule has 1 saturated carbocycles. The van der Waals surface area contributed by atoms with Crippen LogP contribution in [0.3, 0.4) is 0 Å². The molecular formula is C12H22O3. The second kappa shape index (κ2) is 5.28. The Balaban J connectivity index is 1.72.